The quantitative estimate of drug-likeness (QED) is 0.0907. The zero-order valence-corrected chi connectivity index (χ0v) is 22.0. The van der Waals surface area contributed by atoms with E-state index in [4.69, 9.17) is 25.4 Å². The summed E-state index contributed by atoms with van der Waals surface area (Å²) in [6, 6.07) is 15.3. The van der Waals surface area contributed by atoms with Crippen LogP contribution in [0.3, 0.4) is 0 Å². The number of aliphatic hydroxyl groups is 1. The number of aliphatic hydroxyl groups excluding tert-OH is 1. The number of nitrogens with zero attached hydrogens (tertiary/aromatic N) is 3. The first kappa shape index (κ1) is 27.3. The average Bonchev–Trinajstić information content (AvgIpc) is 3.35. The van der Waals surface area contributed by atoms with Crippen molar-refractivity contribution in [2.75, 3.05) is 38.3 Å². The van der Waals surface area contributed by atoms with Gasteiger partial charge in [-0.1, -0.05) is 19.0 Å². The Hall–Kier alpha value is -3.30. The van der Waals surface area contributed by atoms with Crippen molar-refractivity contribution in [1.82, 2.24) is 4.98 Å². The minimum absolute atomic E-state index is 0.0795. The first-order valence-electron chi connectivity index (χ1n) is 12.2. The highest BCUT2D eigenvalue weighted by Gasteiger charge is 2.18. The van der Waals surface area contributed by atoms with Crippen LogP contribution in [-0.4, -0.2) is 54.5 Å². The zero-order chi connectivity index (χ0) is 25.9. The first-order chi connectivity index (χ1) is 17.4. The molecule has 4 N–H and O–H groups in total. The summed E-state index contributed by atoms with van der Waals surface area (Å²) >= 11 is 1.68. The van der Waals surface area contributed by atoms with Crippen LogP contribution in [0.2, 0.25) is 0 Å². The molecule has 0 radical (unpaired) electrons. The number of amidine groups is 1. The summed E-state index contributed by atoms with van der Waals surface area (Å²) in [5.74, 6) is 2.05. The van der Waals surface area contributed by atoms with Gasteiger partial charge in [0.15, 0.2) is 11.0 Å². The van der Waals surface area contributed by atoms with Gasteiger partial charge in [0.25, 0.3) is 0 Å². The summed E-state index contributed by atoms with van der Waals surface area (Å²) in [5, 5.41) is 21.9. The number of benzene rings is 2. The minimum atomic E-state index is 0.0795. The number of aromatic nitrogens is 1. The SMILES string of the molecule is CC(C)c1sc(N(C)CCO)nc1-c1ccc(OCCCCCOc2ccc(C(N)=NO)cc2)cc1. The molecule has 0 bridgehead atoms. The van der Waals surface area contributed by atoms with Gasteiger partial charge in [-0.3, -0.25) is 0 Å². The van der Waals surface area contributed by atoms with Crippen molar-refractivity contribution in [3.05, 3.63) is 59.0 Å². The molecule has 0 amide bonds. The van der Waals surface area contributed by atoms with E-state index in [1.807, 2.05) is 36.2 Å². The van der Waals surface area contributed by atoms with Gasteiger partial charge >= 0.3 is 0 Å². The smallest absolute Gasteiger partial charge is 0.185 e. The topological polar surface area (TPSA) is 113 Å². The molecule has 3 rings (SSSR count). The molecule has 1 aromatic heterocycles. The summed E-state index contributed by atoms with van der Waals surface area (Å²) < 4.78 is 11.7. The molecule has 1 heterocycles. The largest absolute Gasteiger partial charge is 0.494 e. The maximum Gasteiger partial charge on any atom is 0.185 e. The Labute approximate surface area is 217 Å². The van der Waals surface area contributed by atoms with Crippen LogP contribution >= 0.6 is 11.3 Å². The van der Waals surface area contributed by atoms with Crippen molar-refractivity contribution in [2.24, 2.45) is 10.9 Å². The molecule has 0 aliphatic rings. The highest BCUT2D eigenvalue weighted by Crippen LogP contribution is 2.37. The predicted molar refractivity (Wildman–Crippen MR) is 146 cm³/mol. The third kappa shape index (κ3) is 7.60. The second-order valence-electron chi connectivity index (χ2n) is 8.80. The Morgan fingerprint density at radius 3 is 2.11 bits per heavy atom. The van der Waals surface area contributed by atoms with Gasteiger partial charge in [0.05, 0.1) is 25.5 Å². The molecular weight excluding hydrogens is 476 g/mol. The zero-order valence-electron chi connectivity index (χ0n) is 21.2. The van der Waals surface area contributed by atoms with Gasteiger partial charge in [0.1, 0.15) is 11.5 Å². The van der Waals surface area contributed by atoms with E-state index in [0.29, 0.717) is 31.2 Å². The molecule has 194 valence electrons. The van der Waals surface area contributed by atoms with Crippen LogP contribution in [0.1, 0.15) is 49.5 Å². The van der Waals surface area contributed by atoms with Gasteiger partial charge in [-0.25, -0.2) is 4.98 Å². The number of hydrogen-bond acceptors (Lipinski definition) is 8. The van der Waals surface area contributed by atoms with Crippen molar-refractivity contribution >= 4 is 22.3 Å². The van der Waals surface area contributed by atoms with E-state index in [-0.39, 0.29) is 12.4 Å². The summed E-state index contributed by atoms with van der Waals surface area (Å²) in [5.41, 5.74) is 8.28. The fourth-order valence-corrected chi connectivity index (χ4v) is 4.65. The number of likely N-dealkylation sites (N-methyl/N-ethyl adjacent to an activating group) is 1. The van der Waals surface area contributed by atoms with Crippen molar-refractivity contribution < 1.29 is 19.8 Å². The molecule has 0 unspecified atom stereocenters. The van der Waals surface area contributed by atoms with Crippen LogP contribution in [0.4, 0.5) is 5.13 Å². The van der Waals surface area contributed by atoms with Crippen LogP contribution in [0.25, 0.3) is 11.3 Å². The summed E-state index contributed by atoms with van der Waals surface area (Å²) in [6.07, 6.45) is 2.87. The minimum Gasteiger partial charge on any atom is -0.494 e. The van der Waals surface area contributed by atoms with E-state index in [0.717, 1.165) is 47.2 Å². The Kier molecular flexibility index (Phi) is 10.4. The normalized spacial score (nSPS) is 11.6. The van der Waals surface area contributed by atoms with E-state index in [1.165, 1.54) is 4.88 Å². The lowest BCUT2D eigenvalue weighted by Crippen LogP contribution is -2.20. The van der Waals surface area contributed by atoms with Gasteiger partial charge in [-0.15, -0.1) is 11.3 Å². The second kappa shape index (κ2) is 13.7. The lowest BCUT2D eigenvalue weighted by molar-refractivity contribution is 0.279. The summed E-state index contributed by atoms with van der Waals surface area (Å²) in [7, 11) is 1.95. The first-order valence-corrected chi connectivity index (χ1v) is 13.0. The molecule has 9 heteroatoms. The molecule has 8 nitrogen and oxygen atoms in total. The van der Waals surface area contributed by atoms with Crippen molar-refractivity contribution in [3.63, 3.8) is 0 Å². The van der Waals surface area contributed by atoms with Crippen LogP contribution in [0.15, 0.2) is 53.7 Å². The fourth-order valence-electron chi connectivity index (χ4n) is 3.58. The number of rotatable bonds is 14. The van der Waals surface area contributed by atoms with E-state index in [9.17, 15) is 5.11 Å². The number of nitrogens with two attached hydrogens (primary N) is 1. The molecule has 0 aliphatic carbocycles. The van der Waals surface area contributed by atoms with E-state index >= 15 is 0 Å². The molecule has 36 heavy (non-hydrogen) atoms. The molecule has 0 saturated carbocycles. The standard InChI is InChI=1S/C27H36N4O4S/c1-19(2)25-24(29-27(36-25)31(3)15-16-32)20-7-11-22(12-8-20)34-17-5-4-6-18-35-23-13-9-21(10-14-23)26(28)30-33/h7-14,19,32-33H,4-6,15-18H2,1-3H3,(H2,28,30). The summed E-state index contributed by atoms with van der Waals surface area (Å²) in [6.45, 7) is 6.29. The molecule has 0 aliphatic heterocycles. The van der Waals surface area contributed by atoms with E-state index < -0.39 is 0 Å². The average molecular weight is 513 g/mol. The third-order valence-electron chi connectivity index (χ3n) is 5.64. The van der Waals surface area contributed by atoms with Gasteiger partial charge < -0.3 is 30.4 Å². The van der Waals surface area contributed by atoms with Crippen LogP contribution in [-0.2, 0) is 0 Å². The number of thiazole rings is 1. The van der Waals surface area contributed by atoms with Crippen molar-refractivity contribution in [2.45, 2.75) is 39.0 Å². The maximum absolute atomic E-state index is 9.24. The van der Waals surface area contributed by atoms with E-state index in [1.54, 1.807) is 23.5 Å². The van der Waals surface area contributed by atoms with Crippen molar-refractivity contribution in [1.29, 1.82) is 0 Å². The van der Waals surface area contributed by atoms with Crippen LogP contribution in [0.5, 0.6) is 11.5 Å². The highest BCUT2D eigenvalue weighted by atomic mass is 32.1. The molecule has 2 aromatic carbocycles. The van der Waals surface area contributed by atoms with Crippen molar-refractivity contribution in [3.8, 4) is 22.8 Å². The molecule has 0 fully saturated rings. The maximum atomic E-state index is 9.24. The molecule has 0 saturated heterocycles. The van der Waals surface area contributed by atoms with E-state index in [2.05, 4.69) is 31.1 Å². The van der Waals surface area contributed by atoms with Gasteiger partial charge in [-0.05, 0) is 73.7 Å². The van der Waals surface area contributed by atoms with Gasteiger partial charge in [0, 0.05) is 29.6 Å². The molecule has 0 atom stereocenters. The van der Waals surface area contributed by atoms with Crippen LogP contribution < -0.4 is 20.1 Å². The Balaban J connectivity index is 1.42. The summed E-state index contributed by atoms with van der Waals surface area (Å²) in [4.78, 5) is 8.08. The van der Waals surface area contributed by atoms with Gasteiger partial charge in [0.2, 0.25) is 0 Å². The van der Waals surface area contributed by atoms with Gasteiger partial charge in [-0.2, -0.15) is 0 Å². The van der Waals surface area contributed by atoms with Crippen LogP contribution in [0, 0.1) is 0 Å². The second-order valence-corrected chi connectivity index (χ2v) is 9.81. The molecule has 3 aromatic rings. The molecule has 0 spiro atoms. The predicted octanol–water partition coefficient (Wildman–Crippen LogP) is 5.08. The lowest BCUT2D eigenvalue weighted by Gasteiger charge is -2.13. The number of hydrogen-bond donors (Lipinski definition) is 3. The number of oxime groups is 1. The number of ether oxygens (including phenoxy) is 2. The highest BCUT2D eigenvalue weighted by molar-refractivity contribution is 7.16. The Morgan fingerprint density at radius 1 is 1.00 bits per heavy atom. The third-order valence-corrected chi connectivity index (χ3v) is 7.11. The number of unbranched alkanes of at least 4 members (excludes halogenated alkanes) is 2. The molecular formula is C27H36N4O4S. The fraction of sp³-hybridized carbons (Fsp3) is 0.407. The number of anilines is 1. The Morgan fingerprint density at radius 2 is 1.58 bits per heavy atom. The Bertz CT molecular complexity index is 1100. The monoisotopic (exact) mass is 512 g/mol. The lowest BCUT2D eigenvalue weighted by atomic mass is 10.1.